The van der Waals surface area contributed by atoms with Crippen molar-refractivity contribution >= 4 is 49.6 Å². The largest absolute Gasteiger partial charge is 0.472 e. The van der Waals surface area contributed by atoms with Crippen LogP contribution in [0.15, 0.2) is 16.7 Å². The lowest BCUT2D eigenvalue weighted by Crippen LogP contribution is -2.32. The third kappa shape index (κ3) is 2.76. The first-order valence-corrected chi connectivity index (χ1v) is 10.4. The smallest absolute Gasteiger partial charge is 0.234 e. The summed E-state index contributed by atoms with van der Waals surface area (Å²) >= 11 is 0. The maximum atomic E-state index is 5.47. The van der Waals surface area contributed by atoms with Crippen molar-refractivity contribution in [2.24, 2.45) is 0 Å². The highest BCUT2D eigenvalue weighted by Gasteiger charge is 2.14. The molecule has 0 N–H and O–H groups in total. The van der Waals surface area contributed by atoms with Crippen LogP contribution in [0.1, 0.15) is 0 Å². The molecule has 2 atom stereocenters. The standard InChI is InChI=1S/C6H16O3Si4/c1-12(8-10)5-3-6(7-4-5)13(2)9-11/h3-4,12-13H,1-2,10-11H3. The summed E-state index contributed by atoms with van der Waals surface area (Å²) < 4.78 is 16.4. The highest BCUT2D eigenvalue weighted by molar-refractivity contribution is 6.71. The molecule has 0 aliphatic rings. The van der Waals surface area contributed by atoms with E-state index in [0.717, 1.165) is 26.4 Å². The lowest BCUT2D eigenvalue weighted by atomic mass is 10.7. The van der Waals surface area contributed by atoms with Gasteiger partial charge in [-0.1, -0.05) is 0 Å². The van der Waals surface area contributed by atoms with Gasteiger partial charge in [0.05, 0.1) is 6.26 Å². The summed E-state index contributed by atoms with van der Waals surface area (Å²) in [5.74, 6) is 0. The van der Waals surface area contributed by atoms with Gasteiger partial charge in [0.15, 0.2) is 9.04 Å². The maximum Gasteiger partial charge on any atom is 0.234 e. The van der Waals surface area contributed by atoms with Gasteiger partial charge < -0.3 is 12.6 Å². The molecule has 0 saturated heterocycles. The maximum absolute atomic E-state index is 5.47. The number of rotatable bonds is 4. The van der Waals surface area contributed by atoms with E-state index in [1.807, 2.05) is 6.26 Å². The summed E-state index contributed by atoms with van der Waals surface area (Å²) in [7, 11) is -0.699. The van der Waals surface area contributed by atoms with Crippen molar-refractivity contribution in [3.63, 3.8) is 0 Å². The predicted molar refractivity (Wildman–Crippen MR) is 66.1 cm³/mol. The van der Waals surface area contributed by atoms with E-state index in [1.165, 1.54) is 5.19 Å². The highest BCUT2D eigenvalue weighted by atomic mass is 28.3. The van der Waals surface area contributed by atoms with Gasteiger partial charge in [-0.15, -0.1) is 0 Å². The van der Waals surface area contributed by atoms with Crippen molar-refractivity contribution in [2.45, 2.75) is 13.1 Å². The molecule has 0 aromatic carbocycles. The molecule has 13 heavy (non-hydrogen) atoms. The van der Waals surface area contributed by atoms with E-state index in [4.69, 9.17) is 12.6 Å². The van der Waals surface area contributed by atoms with Crippen LogP contribution in [0.3, 0.4) is 0 Å². The fourth-order valence-electron chi connectivity index (χ4n) is 1.05. The molecule has 1 aromatic heterocycles. The molecule has 1 rings (SSSR count). The highest BCUT2D eigenvalue weighted by Crippen LogP contribution is 1.91. The summed E-state index contributed by atoms with van der Waals surface area (Å²) in [4.78, 5) is 0. The summed E-state index contributed by atoms with van der Waals surface area (Å²) in [5, 5.41) is 2.33. The van der Waals surface area contributed by atoms with Gasteiger partial charge in [0.25, 0.3) is 0 Å². The molecule has 74 valence electrons. The van der Waals surface area contributed by atoms with Gasteiger partial charge in [0.1, 0.15) is 26.4 Å². The van der Waals surface area contributed by atoms with Crippen LogP contribution in [0.2, 0.25) is 13.1 Å². The van der Waals surface area contributed by atoms with E-state index < -0.39 is 18.1 Å². The Balaban J connectivity index is 2.74. The summed E-state index contributed by atoms with van der Waals surface area (Å²) in [5.41, 5.74) is 0. The van der Waals surface area contributed by atoms with Crippen molar-refractivity contribution in [1.82, 2.24) is 0 Å². The lowest BCUT2D eigenvalue weighted by molar-refractivity contribution is 0.572. The molecular weight excluding hydrogens is 232 g/mol. The molecule has 0 aliphatic heterocycles. The molecule has 1 heterocycles. The van der Waals surface area contributed by atoms with Crippen LogP contribution in [0.5, 0.6) is 0 Å². The zero-order valence-corrected chi connectivity index (χ0v) is 14.8. The summed E-state index contributed by atoms with van der Waals surface area (Å²) in [6.45, 7) is 4.32. The Morgan fingerprint density at radius 3 is 2.38 bits per heavy atom. The second kappa shape index (κ2) is 5.07. The van der Waals surface area contributed by atoms with Crippen molar-refractivity contribution in [1.29, 1.82) is 0 Å². The van der Waals surface area contributed by atoms with Crippen LogP contribution in [0.4, 0.5) is 0 Å². The van der Waals surface area contributed by atoms with Crippen molar-refractivity contribution in [2.75, 3.05) is 0 Å². The molecule has 0 saturated carbocycles. The fourth-order valence-corrected chi connectivity index (χ4v) is 4.60. The molecule has 1 aromatic rings. The Hall–Kier alpha value is 0.0675. The van der Waals surface area contributed by atoms with Gasteiger partial charge in [0.2, 0.25) is 9.04 Å². The second-order valence-electron chi connectivity index (χ2n) is 3.04. The van der Waals surface area contributed by atoms with Crippen molar-refractivity contribution in [3.8, 4) is 0 Å². The molecule has 0 aliphatic carbocycles. The normalized spacial score (nSPS) is 16.2. The van der Waals surface area contributed by atoms with E-state index in [1.54, 1.807) is 0 Å². The fraction of sp³-hybridized carbons (Fsp3) is 0.333. The monoisotopic (exact) mass is 248 g/mol. The molecule has 7 heteroatoms. The van der Waals surface area contributed by atoms with E-state index in [0.29, 0.717) is 0 Å². The third-order valence-electron chi connectivity index (χ3n) is 2.22. The van der Waals surface area contributed by atoms with E-state index in [9.17, 15) is 0 Å². The van der Waals surface area contributed by atoms with Gasteiger partial charge >= 0.3 is 0 Å². The predicted octanol–water partition coefficient (Wildman–Crippen LogP) is -3.01. The van der Waals surface area contributed by atoms with E-state index in [2.05, 4.69) is 19.2 Å². The summed E-state index contributed by atoms with van der Waals surface area (Å²) in [6, 6.07) is 2.13. The van der Waals surface area contributed by atoms with Crippen LogP contribution in [-0.2, 0) is 8.23 Å². The molecule has 2 unspecified atom stereocenters. The number of hydrogen-bond acceptors (Lipinski definition) is 3. The van der Waals surface area contributed by atoms with Crippen molar-refractivity contribution < 1.29 is 12.6 Å². The topological polar surface area (TPSA) is 31.6 Å². The first-order valence-electron chi connectivity index (χ1n) is 4.33. The first kappa shape index (κ1) is 11.1. The Morgan fingerprint density at radius 1 is 1.23 bits per heavy atom. The zero-order valence-electron chi connectivity index (χ0n) is 8.53. The van der Waals surface area contributed by atoms with Gasteiger partial charge in [-0.3, -0.25) is 0 Å². The lowest BCUT2D eigenvalue weighted by Gasteiger charge is -2.04. The minimum absolute atomic E-state index is 0.803. The van der Waals surface area contributed by atoms with Crippen LogP contribution < -0.4 is 10.6 Å². The summed E-state index contributed by atoms with van der Waals surface area (Å²) in [6.07, 6.45) is 1.84. The average molecular weight is 249 g/mol. The van der Waals surface area contributed by atoms with Crippen LogP contribution >= 0.6 is 0 Å². The van der Waals surface area contributed by atoms with Gasteiger partial charge in [-0.2, -0.15) is 0 Å². The molecule has 0 radical (unpaired) electrons. The minimum atomic E-state index is -1.20. The zero-order chi connectivity index (χ0) is 9.84. The quantitative estimate of drug-likeness (QED) is 0.532. The van der Waals surface area contributed by atoms with E-state index in [-0.39, 0.29) is 0 Å². The Labute approximate surface area is 88.0 Å². The molecule has 0 amide bonds. The molecule has 3 nitrogen and oxygen atoms in total. The Kier molecular flexibility index (Phi) is 4.35. The number of hydrogen-bond donors (Lipinski definition) is 0. The van der Waals surface area contributed by atoms with Crippen molar-refractivity contribution in [3.05, 3.63) is 12.3 Å². The third-order valence-corrected chi connectivity index (χ3v) is 10.2. The van der Waals surface area contributed by atoms with Crippen LogP contribution in [0, 0.1) is 0 Å². The minimum Gasteiger partial charge on any atom is -0.472 e. The molecular formula is C6H16O3Si4. The Morgan fingerprint density at radius 2 is 1.85 bits per heavy atom. The average Bonchev–Trinajstić information content (AvgIpc) is 2.64. The first-order chi connectivity index (χ1) is 6.19. The SMILES string of the molecule is C[SiH](O[SiH3])c1coc([SiH](C)O[SiH3])c1. The molecule has 0 bridgehead atoms. The van der Waals surface area contributed by atoms with Crippen LogP contribution in [0.25, 0.3) is 0 Å². The van der Waals surface area contributed by atoms with Gasteiger partial charge in [-0.05, 0) is 19.2 Å². The Bertz CT molecular complexity index is 240. The van der Waals surface area contributed by atoms with Gasteiger partial charge in [0, 0.05) is 5.19 Å². The second-order valence-corrected chi connectivity index (χ2v) is 10.6. The number of furan rings is 1. The molecule has 0 spiro atoms. The van der Waals surface area contributed by atoms with E-state index >= 15 is 0 Å². The van der Waals surface area contributed by atoms with Crippen LogP contribution in [-0.4, -0.2) is 39.1 Å². The van der Waals surface area contributed by atoms with Gasteiger partial charge in [-0.25, -0.2) is 0 Å². The molecule has 0 fully saturated rings.